The molecular formula is C16H22N4O. The normalized spacial score (nSPS) is 11.8. The molecule has 21 heavy (non-hydrogen) atoms. The van der Waals surface area contributed by atoms with Crippen molar-refractivity contribution >= 4 is 17.5 Å². The summed E-state index contributed by atoms with van der Waals surface area (Å²) in [5, 5.41) is 4.66. The maximum absolute atomic E-state index is 11.9. The lowest BCUT2D eigenvalue weighted by atomic mass is 10.1. The number of fused-ring (bicyclic) bond motifs is 1. The number of hydrogen-bond acceptors (Lipinski definition) is 4. The molecule has 2 rings (SSSR count). The topological polar surface area (TPSA) is 50.5 Å². The zero-order chi connectivity index (χ0) is 15.7. The predicted octanol–water partition coefficient (Wildman–Crippen LogP) is 2.90. The van der Waals surface area contributed by atoms with Crippen LogP contribution in [0.2, 0.25) is 0 Å². The highest BCUT2D eigenvalue weighted by atomic mass is 16.1. The third kappa shape index (κ3) is 2.82. The standard InChI is InChI=1S/C16H22N4O/c1-10(2)15-11(3)16-17-9-13(12(4)21)14(20(16)18-15)7-8-19(5)6/h7-10H,1-6H3/b8-7+. The Morgan fingerprint density at radius 3 is 2.57 bits per heavy atom. The highest BCUT2D eigenvalue weighted by Crippen LogP contribution is 2.23. The largest absolute Gasteiger partial charge is 0.383 e. The van der Waals surface area contributed by atoms with Crippen molar-refractivity contribution in [3.05, 3.63) is 34.9 Å². The van der Waals surface area contributed by atoms with E-state index in [-0.39, 0.29) is 5.78 Å². The van der Waals surface area contributed by atoms with Crippen molar-refractivity contribution in [1.29, 1.82) is 0 Å². The van der Waals surface area contributed by atoms with Crippen molar-refractivity contribution in [1.82, 2.24) is 19.5 Å². The SMILES string of the molecule is CC(=O)c1cnc2c(C)c(C(C)C)nn2c1/C=C/N(C)C. The van der Waals surface area contributed by atoms with Gasteiger partial charge in [0.2, 0.25) is 0 Å². The number of rotatable bonds is 4. The Hall–Kier alpha value is -2.17. The molecular weight excluding hydrogens is 264 g/mol. The van der Waals surface area contributed by atoms with Crippen LogP contribution < -0.4 is 0 Å². The van der Waals surface area contributed by atoms with Gasteiger partial charge in [-0.2, -0.15) is 5.10 Å². The molecule has 0 spiro atoms. The van der Waals surface area contributed by atoms with E-state index in [2.05, 4.69) is 23.9 Å². The zero-order valence-corrected chi connectivity index (χ0v) is 13.5. The molecule has 0 unspecified atom stereocenters. The van der Waals surface area contributed by atoms with E-state index >= 15 is 0 Å². The monoisotopic (exact) mass is 286 g/mol. The molecule has 0 aliphatic rings. The first kappa shape index (κ1) is 15.2. The van der Waals surface area contributed by atoms with Gasteiger partial charge in [0.1, 0.15) is 0 Å². The fourth-order valence-electron chi connectivity index (χ4n) is 2.33. The van der Waals surface area contributed by atoms with E-state index in [1.54, 1.807) is 17.6 Å². The lowest BCUT2D eigenvalue weighted by Gasteiger charge is -2.07. The van der Waals surface area contributed by atoms with Gasteiger partial charge in [0.25, 0.3) is 0 Å². The number of Topliss-reactive ketones (excluding diaryl/α,β-unsaturated/α-hetero) is 1. The molecule has 0 N–H and O–H groups in total. The fourth-order valence-corrected chi connectivity index (χ4v) is 2.33. The third-order valence-corrected chi connectivity index (χ3v) is 3.40. The van der Waals surface area contributed by atoms with Crippen LogP contribution >= 0.6 is 0 Å². The summed E-state index contributed by atoms with van der Waals surface area (Å²) < 4.78 is 1.78. The number of aryl methyl sites for hydroxylation is 1. The van der Waals surface area contributed by atoms with E-state index < -0.39 is 0 Å². The van der Waals surface area contributed by atoms with Gasteiger partial charge < -0.3 is 4.90 Å². The van der Waals surface area contributed by atoms with Crippen LogP contribution in [0.15, 0.2) is 12.4 Å². The van der Waals surface area contributed by atoms with Crippen molar-refractivity contribution in [2.45, 2.75) is 33.6 Å². The van der Waals surface area contributed by atoms with E-state index in [0.29, 0.717) is 11.5 Å². The minimum atomic E-state index is -0.0120. The van der Waals surface area contributed by atoms with Gasteiger partial charge in [-0.25, -0.2) is 9.50 Å². The predicted molar refractivity (Wildman–Crippen MR) is 84.5 cm³/mol. The molecule has 0 bridgehead atoms. The van der Waals surface area contributed by atoms with Gasteiger partial charge in [0.05, 0.1) is 17.0 Å². The molecule has 0 saturated heterocycles. The van der Waals surface area contributed by atoms with Crippen molar-refractivity contribution in [2.75, 3.05) is 14.1 Å². The lowest BCUT2D eigenvalue weighted by molar-refractivity contribution is 0.101. The van der Waals surface area contributed by atoms with Crippen LogP contribution in [-0.4, -0.2) is 39.4 Å². The average molecular weight is 286 g/mol. The van der Waals surface area contributed by atoms with Crippen molar-refractivity contribution in [3.63, 3.8) is 0 Å². The average Bonchev–Trinajstić information content (AvgIpc) is 2.73. The molecule has 112 valence electrons. The van der Waals surface area contributed by atoms with E-state index in [1.165, 1.54) is 0 Å². The van der Waals surface area contributed by atoms with E-state index in [9.17, 15) is 4.79 Å². The first-order valence-corrected chi connectivity index (χ1v) is 7.06. The summed E-state index contributed by atoms with van der Waals surface area (Å²) in [6.45, 7) is 7.79. The van der Waals surface area contributed by atoms with Gasteiger partial charge in [-0.15, -0.1) is 0 Å². The fraction of sp³-hybridized carbons (Fsp3) is 0.438. The first-order chi connectivity index (χ1) is 9.82. The summed E-state index contributed by atoms with van der Waals surface area (Å²) in [6, 6.07) is 0. The molecule has 2 aromatic heterocycles. The number of aromatic nitrogens is 3. The maximum Gasteiger partial charge on any atom is 0.163 e. The molecule has 5 nitrogen and oxygen atoms in total. The van der Waals surface area contributed by atoms with Crippen LogP contribution in [0.4, 0.5) is 0 Å². The van der Waals surface area contributed by atoms with Crippen molar-refractivity contribution in [2.24, 2.45) is 0 Å². The van der Waals surface area contributed by atoms with Crippen LogP contribution in [0.1, 0.15) is 54.0 Å². The molecule has 0 aromatic carbocycles. The van der Waals surface area contributed by atoms with Crippen LogP contribution in [-0.2, 0) is 0 Å². The molecule has 0 radical (unpaired) electrons. The number of hydrogen-bond donors (Lipinski definition) is 0. The lowest BCUT2D eigenvalue weighted by Crippen LogP contribution is -2.07. The smallest absolute Gasteiger partial charge is 0.163 e. The Morgan fingerprint density at radius 2 is 2.05 bits per heavy atom. The molecule has 0 fully saturated rings. The number of carbonyl (C=O) groups excluding carboxylic acids is 1. The van der Waals surface area contributed by atoms with Gasteiger partial charge >= 0.3 is 0 Å². The molecule has 5 heteroatoms. The van der Waals surface area contributed by atoms with Gasteiger partial charge in [0, 0.05) is 32.1 Å². The van der Waals surface area contributed by atoms with Gasteiger partial charge in [-0.3, -0.25) is 4.79 Å². The van der Waals surface area contributed by atoms with Crippen LogP contribution in [0.5, 0.6) is 0 Å². The minimum absolute atomic E-state index is 0.0120. The molecule has 2 aromatic rings. The van der Waals surface area contributed by atoms with Gasteiger partial charge in [0.15, 0.2) is 11.4 Å². The Balaban J connectivity index is 2.78. The summed E-state index contributed by atoms with van der Waals surface area (Å²) in [6.07, 6.45) is 5.46. The number of ketones is 1. The highest BCUT2D eigenvalue weighted by molar-refractivity contribution is 5.97. The van der Waals surface area contributed by atoms with Gasteiger partial charge in [-0.05, 0) is 25.8 Å². The van der Waals surface area contributed by atoms with E-state index in [1.807, 2.05) is 38.2 Å². The van der Waals surface area contributed by atoms with Crippen molar-refractivity contribution in [3.8, 4) is 0 Å². The molecule has 0 aliphatic carbocycles. The molecule has 2 heterocycles. The Kier molecular flexibility index (Phi) is 4.11. The quantitative estimate of drug-likeness (QED) is 0.811. The van der Waals surface area contributed by atoms with E-state index in [4.69, 9.17) is 0 Å². The second kappa shape index (κ2) is 5.68. The third-order valence-electron chi connectivity index (χ3n) is 3.40. The molecule has 0 saturated carbocycles. The maximum atomic E-state index is 11.9. The van der Waals surface area contributed by atoms with E-state index in [0.717, 1.165) is 22.6 Å². The van der Waals surface area contributed by atoms with Crippen LogP contribution in [0.3, 0.4) is 0 Å². The Bertz CT molecular complexity index is 711. The zero-order valence-electron chi connectivity index (χ0n) is 13.5. The van der Waals surface area contributed by atoms with Crippen LogP contribution in [0.25, 0.3) is 11.7 Å². The summed E-state index contributed by atoms with van der Waals surface area (Å²) in [4.78, 5) is 18.2. The Morgan fingerprint density at radius 1 is 1.38 bits per heavy atom. The number of nitrogens with zero attached hydrogens (tertiary/aromatic N) is 4. The molecule has 0 aliphatic heterocycles. The number of carbonyl (C=O) groups is 1. The highest BCUT2D eigenvalue weighted by Gasteiger charge is 2.17. The molecule has 0 atom stereocenters. The summed E-state index contributed by atoms with van der Waals surface area (Å²) in [7, 11) is 3.88. The summed E-state index contributed by atoms with van der Waals surface area (Å²) in [5.41, 5.74) is 4.25. The van der Waals surface area contributed by atoms with Gasteiger partial charge in [-0.1, -0.05) is 13.8 Å². The summed E-state index contributed by atoms with van der Waals surface area (Å²) in [5.74, 6) is 0.306. The van der Waals surface area contributed by atoms with Crippen molar-refractivity contribution < 1.29 is 4.79 Å². The Labute approximate surface area is 125 Å². The molecule has 0 amide bonds. The second-order valence-electron chi connectivity index (χ2n) is 5.79. The minimum Gasteiger partial charge on any atom is -0.383 e. The van der Waals surface area contributed by atoms with Crippen LogP contribution in [0, 0.1) is 6.92 Å². The first-order valence-electron chi connectivity index (χ1n) is 7.06. The second-order valence-corrected chi connectivity index (χ2v) is 5.79. The summed E-state index contributed by atoms with van der Waals surface area (Å²) >= 11 is 0.